The molecule has 2 aromatic carbocycles. The number of halogens is 3. The van der Waals surface area contributed by atoms with Crippen LogP contribution in [0.15, 0.2) is 42.5 Å². The fraction of sp³-hybridized carbons (Fsp3) is 0.200. The molecule has 18 heavy (non-hydrogen) atoms. The summed E-state index contributed by atoms with van der Waals surface area (Å²) in [4.78, 5) is 0.105. The minimum Gasteiger partial charge on any atom is -0.207 e. The van der Waals surface area contributed by atoms with Gasteiger partial charge in [-0.3, -0.25) is 0 Å². The molecular weight excluding hydrogens is 315 g/mol. The van der Waals surface area contributed by atoms with Gasteiger partial charge in [0, 0.05) is 9.85 Å². The lowest BCUT2D eigenvalue weighted by Gasteiger charge is -2.11. The molecule has 0 aliphatic carbocycles. The summed E-state index contributed by atoms with van der Waals surface area (Å²) >= 11 is 9.46. The highest BCUT2D eigenvalue weighted by Gasteiger charge is 2.10. The van der Waals surface area contributed by atoms with Gasteiger partial charge < -0.3 is 0 Å². The smallest absolute Gasteiger partial charge is 0.123 e. The van der Waals surface area contributed by atoms with Crippen LogP contribution in [0.25, 0.3) is 0 Å². The number of alkyl halides is 1. The van der Waals surface area contributed by atoms with Gasteiger partial charge in [0.05, 0.1) is 0 Å². The van der Waals surface area contributed by atoms with Crippen LogP contribution >= 0.6 is 27.5 Å². The number of hydrogen-bond donors (Lipinski definition) is 0. The van der Waals surface area contributed by atoms with Gasteiger partial charge in [-0.05, 0) is 54.3 Å². The van der Waals surface area contributed by atoms with E-state index < -0.39 is 0 Å². The lowest BCUT2D eigenvalue weighted by Crippen LogP contribution is -1.97. The highest BCUT2D eigenvalue weighted by Crippen LogP contribution is 2.28. The number of hydrogen-bond acceptors (Lipinski definition) is 0. The fourth-order valence-corrected chi connectivity index (χ4v) is 2.65. The largest absolute Gasteiger partial charge is 0.207 e. The van der Waals surface area contributed by atoms with Crippen molar-refractivity contribution in [3.05, 3.63) is 70.0 Å². The Hall–Kier alpha value is -0.860. The molecule has 0 aliphatic heterocycles. The summed E-state index contributed by atoms with van der Waals surface area (Å²) in [5.74, 6) is -0.189. The quantitative estimate of drug-likeness (QED) is 0.656. The molecule has 0 aromatic heterocycles. The predicted octanol–water partition coefficient (Wildman–Crippen LogP) is 5.47. The van der Waals surface area contributed by atoms with E-state index in [2.05, 4.69) is 15.9 Å². The third kappa shape index (κ3) is 3.56. The van der Waals surface area contributed by atoms with Crippen molar-refractivity contribution in [2.24, 2.45) is 0 Å². The minimum absolute atomic E-state index is 0.105. The first kappa shape index (κ1) is 13.6. The molecule has 0 saturated heterocycles. The van der Waals surface area contributed by atoms with Crippen molar-refractivity contribution in [1.82, 2.24) is 0 Å². The van der Waals surface area contributed by atoms with Crippen molar-refractivity contribution in [3.63, 3.8) is 0 Å². The van der Waals surface area contributed by atoms with Gasteiger partial charge in [0.25, 0.3) is 0 Å². The summed E-state index contributed by atoms with van der Waals surface area (Å²) < 4.78 is 13.3. The molecule has 0 amide bonds. The molecule has 3 heteroatoms. The predicted molar refractivity (Wildman–Crippen MR) is 78.0 cm³/mol. The van der Waals surface area contributed by atoms with E-state index in [0.717, 1.165) is 22.6 Å². The second kappa shape index (κ2) is 5.85. The van der Waals surface area contributed by atoms with Gasteiger partial charge in [0.2, 0.25) is 0 Å². The molecule has 2 rings (SSSR count). The van der Waals surface area contributed by atoms with Crippen LogP contribution in [0.2, 0.25) is 5.02 Å². The van der Waals surface area contributed by atoms with Crippen molar-refractivity contribution in [1.29, 1.82) is 0 Å². The molecule has 0 N–H and O–H groups in total. The second-order valence-corrected chi connectivity index (χ2v) is 5.90. The molecule has 0 radical (unpaired) electrons. The summed E-state index contributed by atoms with van der Waals surface area (Å²) in [6, 6.07) is 12.8. The molecule has 2 aromatic rings. The topological polar surface area (TPSA) is 0 Å². The van der Waals surface area contributed by atoms with Gasteiger partial charge in [-0.25, -0.2) is 4.39 Å². The molecule has 94 valence electrons. The monoisotopic (exact) mass is 326 g/mol. The van der Waals surface area contributed by atoms with E-state index in [4.69, 9.17) is 11.6 Å². The van der Waals surface area contributed by atoms with Crippen LogP contribution in [-0.2, 0) is 6.42 Å². The second-order valence-electron chi connectivity index (χ2n) is 4.36. The van der Waals surface area contributed by atoms with Crippen LogP contribution in [0.3, 0.4) is 0 Å². The summed E-state index contributed by atoms with van der Waals surface area (Å²) in [6.07, 6.45) is 0.806. The zero-order valence-electron chi connectivity index (χ0n) is 9.96. The van der Waals surface area contributed by atoms with Crippen molar-refractivity contribution in [2.45, 2.75) is 18.2 Å². The molecule has 0 saturated carbocycles. The Kier molecular flexibility index (Phi) is 4.41. The van der Waals surface area contributed by atoms with Crippen molar-refractivity contribution in [2.75, 3.05) is 0 Å². The van der Waals surface area contributed by atoms with Gasteiger partial charge in [-0.1, -0.05) is 45.7 Å². The van der Waals surface area contributed by atoms with Crippen molar-refractivity contribution in [3.8, 4) is 0 Å². The van der Waals surface area contributed by atoms with Crippen LogP contribution in [0, 0.1) is 12.7 Å². The first-order valence-electron chi connectivity index (χ1n) is 5.70. The Morgan fingerprint density at radius 3 is 2.44 bits per heavy atom. The Morgan fingerprint density at radius 2 is 1.83 bits per heavy atom. The van der Waals surface area contributed by atoms with Gasteiger partial charge in [-0.15, -0.1) is 0 Å². The standard InChI is InChI=1S/C15H13BrClF/c1-10-6-12(9-14(18)7-10)15(16)8-11-2-4-13(17)5-3-11/h2-7,9,15H,8H2,1H3. The average molecular weight is 328 g/mol. The van der Waals surface area contributed by atoms with Crippen LogP contribution < -0.4 is 0 Å². The zero-order chi connectivity index (χ0) is 13.1. The first-order chi connectivity index (χ1) is 8.54. The van der Waals surface area contributed by atoms with Gasteiger partial charge in [0.15, 0.2) is 0 Å². The van der Waals surface area contributed by atoms with E-state index in [0.29, 0.717) is 0 Å². The molecule has 1 unspecified atom stereocenters. The van der Waals surface area contributed by atoms with Crippen LogP contribution in [0.5, 0.6) is 0 Å². The lowest BCUT2D eigenvalue weighted by atomic mass is 10.0. The lowest BCUT2D eigenvalue weighted by molar-refractivity contribution is 0.623. The zero-order valence-corrected chi connectivity index (χ0v) is 12.3. The molecule has 0 bridgehead atoms. The molecule has 0 heterocycles. The van der Waals surface area contributed by atoms with E-state index in [-0.39, 0.29) is 10.6 Å². The Balaban J connectivity index is 2.16. The molecule has 0 fully saturated rings. The number of rotatable bonds is 3. The Bertz CT molecular complexity index is 516. The minimum atomic E-state index is -0.189. The Labute approximate surface area is 120 Å². The number of aryl methyl sites for hydroxylation is 1. The van der Waals surface area contributed by atoms with E-state index >= 15 is 0 Å². The third-order valence-corrected chi connectivity index (χ3v) is 3.86. The molecule has 0 nitrogen and oxygen atoms in total. The molecule has 0 spiro atoms. The summed E-state index contributed by atoms with van der Waals surface area (Å²) in [5, 5.41) is 0.728. The van der Waals surface area contributed by atoms with E-state index in [1.807, 2.05) is 37.3 Å². The third-order valence-electron chi connectivity index (χ3n) is 2.75. The van der Waals surface area contributed by atoms with Crippen LogP contribution in [0.1, 0.15) is 21.5 Å². The van der Waals surface area contributed by atoms with E-state index in [9.17, 15) is 4.39 Å². The first-order valence-corrected chi connectivity index (χ1v) is 6.99. The van der Waals surface area contributed by atoms with Crippen LogP contribution in [0.4, 0.5) is 4.39 Å². The summed E-state index contributed by atoms with van der Waals surface area (Å²) in [6.45, 7) is 1.90. The van der Waals surface area contributed by atoms with Crippen molar-refractivity contribution >= 4 is 27.5 Å². The summed E-state index contributed by atoms with van der Waals surface area (Å²) in [7, 11) is 0. The molecule has 1 atom stereocenters. The maximum atomic E-state index is 13.3. The van der Waals surface area contributed by atoms with Crippen molar-refractivity contribution < 1.29 is 4.39 Å². The highest BCUT2D eigenvalue weighted by molar-refractivity contribution is 9.09. The van der Waals surface area contributed by atoms with E-state index in [1.54, 1.807) is 6.07 Å². The molecule has 0 aliphatic rings. The maximum Gasteiger partial charge on any atom is 0.123 e. The van der Waals surface area contributed by atoms with Gasteiger partial charge in [-0.2, -0.15) is 0 Å². The average Bonchev–Trinajstić information content (AvgIpc) is 2.31. The molecular formula is C15H13BrClF. The summed E-state index contributed by atoms with van der Waals surface area (Å²) in [5.41, 5.74) is 3.07. The fourth-order valence-electron chi connectivity index (χ4n) is 1.89. The number of benzene rings is 2. The highest BCUT2D eigenvalue weighted by atomic mass is 79.9. The SMILES string of the molecule is Cc1cc(F)cc(C(Br)Cc2ccc(Cl)cc2)c1. The maximum absolute atomic E-state index is 13.3. The van der Waals surface area contributed by atoms with Gasteiger partial charge in [0.1, 0.15) is 5.82 Å². The van der Waals surface area contributed by atoms with Crippen LogP contribution in [-0.4, -0.2) is 0 Å². The van der Waals surface area contributed by atoms with E-state index in [1.165, 1.54) is 11.6 Å². The van der Waals surface area contributed by atoms with Gasteiger partial charge >= 0.3 is 0 Å². The normalized spacial score (nSPS) is 12.4. The Morgan fingerprint density at radius 1 is 1.17 bits per heavy atom.